The highest BCUT2D eigenvalue weighted by Gasteiger charge is 2.13. The van der Waals surface area contributed by atoms with Gasteiger partial charge in [0.1, 0.15) is 5.82 Å². The molecule has 1 N–H and O–H groups in total. The maximum absolute atomic E-state index is 11.7. The summed E-state index contributed by atoms with van der Waals surface area (Å²) in [5.41, 5.74) is 0. The van der Waals surface area contributed by atoms with E-state index in [1.165, 1.54) is 0 Å². The van der Waals surface area contributed by atoms with Gasteiger partial charge in [-0.15, -0.1) is 0 Å². The molecule has 1 rings (SSSR count). The number of nitrogens with zero attached hydrogens (tertiary/aromatic N) is 3. The van der Waals surface area contributed by atoms with Crippen molar-refractivity contribution in [3.8, 4) is 0 Å². The molecule has 94 valence electrons. The van der Waals surface area contributed by atoms with E-state index in [0.29, 0.717) is 11.7 Å². The molecule has 0 spiro atoms. The molecule has 5 nitrogen and oxygen atoms in total. The van der Waals surface area contributed by atoms with Crippen LogP contribution in [-0.4, -0.2) is 35.5 Å². The van der Waals surface area contributed by atoms with Crippen molar-refractivity contribution in [1.82, 2.24) is 15.3 Å². The largest absolute Gasteiger partial charge is 0.352 e. The summed E-state index contributed by atoms with van der Waals surface area (Å²) in [5.74, 6) is 1.12. The Morgan fingerprint density at radius 3 is 2.65 bits per heavy atom. The van der Waals surface area contributed by atoms with Crippen molar-refractivity contribution in [2.75, 3.05) is 18.5 Å². The van der Waals surface area contributed by atoms with Gasteiger partial charge in [0.2, 0.25) is 5.91 Å². The SMILES string of the molecule is CC(C)[C@@H](C)NC(=O)CN(C)c1cnccn1. The van der Waals surface area contributed by atoms with Crippen molar-refractivity contribution < 1.29 is 4.79 Å². The molecule has 5 heteroatoms. The van der Waals surface area contributed by atoms with Crippen LogP contribution in [0.25, 0.3) is 0 Å². The molecule has 0 fully saturated rings. The molecule has 1 amide bonds. The second-order valence-electron chi connectivity index (χ2n) is 4.52. The number of likely N-dealkylation sites (N-methyl/N-ethyl adjacent to an activating group) is 1. The zero-order valence-electron chi connectivity index (χ0n) is 10.8. The Morgan fingerprint density at radius 1 is 1.41 bits per heavy atom. The molecule has 0 radical (unpaired) electrons. The molecule has 1 aromatic heterocycles. The van der Waals surface area contributed by atoms with Gasteiger partial charge >= 0.3 is 0 Å². The zero-order valence-corrected chi connectivity index (χ0v) is 10.8. The van der Waals surface area contributed by atoms with Crippen LogP contribution >= 0.6 is 0 Å². The topological polar surface area (TPSA) is 58.1 Å². The summed E-state index contributed by atoms with van der Waals surface area (Å²) in [7, 11) is 1.82. The van der Waals surface area contributed by atoms with Crippen molar-refractivity contribution in [2.24, 2.45) is 5.92 Å². The van der Waals surface area contributed by atoms with Crippen LogP contribution in [0.4, 0.5) is 5.82 Å². The van der Waals surface area contributed by atoms with Crippen molar-refractivity contribution >= 4 is 11.7 Å². The van der Waals surface area contributed by atoms with Crippen molar-refractivity contribution in [3.63, 3.8) is 0 Å². The predicted molar refractivity (Wildman–Crippen MR) is 67.7 cm³/mol. The van der Waals surface area contributed by atoms with Gasteiger partial charge in [0.05, 0.1) is 12.7 Å². The third kappa shape index (κ3) is 4.38. The predicted octanol–water partition coefficient (Wildman–Crippen LogP) is 1.07. The molecule has 0 unspecified atom stereocenters. The van der Waals surface area contributed by atoms with E-state index in [1.54, 1.807) is 23.5 Å². The lowest BCUT2D eigenvalue weighted by Crippen LogP contribution is -2.42. The normalized spacial score (nSPS) is 12.3. The summed E-state index contributed by atoms with van der Waals surface area (Å²) in [5, 5.41) is 2.95. The van der Waals surface area contributed by atoms with Crippen LogP contribution in [0.3, 0.4) is 0 Å². The number of carbonyl (C=O) groups is 1. The Bertz CT molecular complexity index is 353. The highest BCUT2D eigenvalue weighted by atomic mass is 16.2. The first-order valence-corrected chi connectivity index (χ1v) is 5.77. The van der Waals surface area contributed by atoms with Gasteiger partial charge in [-0.1, -0.05) is 13.8 Å². The molecule has 0 saturated carbocycles. The Labute approximate surface area is 102 Å². The third-order valence-corrected chi connectivity index (χ3v) is 2.71. The lowest BCUT2D eigenvalue weighted by atomic mass is 10.1. The lowest BCUT2D eigenvalue weighted by molar-refractivity contribution is -0.120. The fourth-order valence-corrected chi connectivity index (χ4v) is 1.25. The number of nitrogens with one attached hydrogen (secondary N) is 1. The first-order valence-electron chi connectivity index (χ1n) is 5.77. The van der Waals surface area contributed by atoms with Crippen molar-refractivity contribution in [3.05, 3.63) is 18.6 Å². The van der Waals surface area contributed by atoms with Crippen molar-refractivity contribution in [2.45, 2.75) is 26.8 Å². The Hall–Kier alpha value is -1.65. The van der Waals surface area contributed by atoms with Crippen LogP contribution in [0, 0.1) is 5.92 Å². The number of hydrogen-bond donors (Lipinski definition) is 1. The molecular formula is C12H20N4O. The molecule has 0 aliphatic rings. The average molecular weight is 236 g/mol. The van der Waals surface area contributed by atoms with E-state index >= 15 is 0 Å². The number of aromatic nitrogens is 2. The minimum Gasteiger partial charge on any atom is -0.352 e. The van der Waals surface area contributed by atoms with E-state index < -0.39 is 0 Å². The summed E-state index contributed by atoms with van der Waals surface area (Å²) >= 11 is 0. The van der Waals surface area contributed by atoms with Crippen LogP contribution in [0.15, 0.2) is 18.6 Å². The van der Waals surface area contributed by atoms with Crippen LogP contribution < -0.4 is 10.2 Å². The van der Waals surface area contributed by atoms with E-state index in [0.717, 1.165) is 0 Å². The van der Waals surface area contributed by atoms with Crippen LogP contribution in [0.5, 0.6) is 0 Å². The quantitative estimate of drug-likeness (QED) is 0.831. The fourth-order valence-electron chi connectivity index (χ4n) is 1.25. The minimum absolute atomic E-state index is 0.000599. The first kappa shape index (κ1) is 13.4. The monoisotopic (exact) mass is 236 g/mol. The summed E-state index contributed by atoms with van der Waals surface area (Å²) in [6, 6.07) is 0.178. The Kier molecular flexibility index (Phi) is 4.87. The smallest absolute Gasteiger partial charge is 0.239 e. The maximum Gasteiger partial charge on any atom is 0.239 e. The molecule has 1 aromatic rings. The summed E-state index contributed by atoms with van der Waals surface area (Å²) in [4.78, 5) is 21.6. The van der Waals surface area contributed by atoms with Gasteiger partial charge in [-0.05, 0) is 12.8 Å². The standard InChI is InChI=1S/C12H20N4O/c1-9(2)10(3)15-12(17)8-16(4)11-7-13-5-6-14-11/h5-7,9-10H,8H2,1-4H3,(H,15,17)/t10-/m1/s1. The summed E-state index contributed by atoms with van der Waals surface area (Å²) in [6.45, 7) is 6.45. The Balaban J connectivity index is 2.47. The van der Waals surface area contributed by atoms with Gasteiger partial charge in [-0.25, -0.2) is 4.98 Å². The van der Waals surface area contributed by atoms with Gasteiger partial charge in [-0.2, -0.15) is 0 Å². The number of amides is 1. The van der Waals surface area contributed by atoms with Crippen LogP contribution in [-0.2, 0) is 4.79 Å². The highest BCUT2D eigenvalue weighted by Crippen LogP contribution is 2.04. The van der Waals surface area contributed by atoms with Gasteiger partial charge < -0.3 is 10.2 Å². The Morgan fingerprint density at radius 2 is 2.12 bits per heavy atom. The highest BCUT2D eigenvalue weighted by molar-refractivity contribution is 5.81. The van der Waals surface area contributed by atoms with Crippen LogP contribution in [0.1, 0.15) is 20.8 Å². The van der Waals surface area contributed by atoms with E-state index in [4.69, 9.17) is 0 Å². The fraction of sp³-hybridized carbons (Fsp3) is 0.583. The molecule has 0 bridgehead atoms. The van der Waals surface area contributed by atoms with E-state index in [1.807, 2.05) is 14.0 Å². The van der Waals surface area contributed by atoms with E-state index in [-0.39, 0.29) is 18.5 Å². The van der Waals surface area contributed by atoms with Crippen LogP contribution in [0.2, 0.25) is 0 Å². The molecule has 1 atom stereocenters. The zero-order chi connectivity index (χ0) is 12.8. The van der Waals surface area contributed by atoms with E-state index in [2.05, 4.69) is 29.1 Å². The number of hydrogen-bond acceptors (Lipinski definition) is 4. The minimum atomic E-state index is -0.000599. The third-order valence-electron chi connectivity index (χ3n) is 2.71. The molecule has 0 aliphatic carbocycles. The van der Waals surface area contributed by atoms with Gasteiger partial charge in [0.25, 0.3) is 0 Å². The van der Waals surface area contributed by atoms with Gasteiger partial charge in [0.15, 0.2) is 0 Å². The maximum atomic E-state index is 11.7. The molecule has 0 aliphatic heterocycles. The second-order valence-corrected chi connectivity index (χ2v) is 4.52. The molecule has 0 aromatic carbocycles. The average Bonchev–Trinajstić information content (AvgIpc) is 2.29. The van der Waals surface area contributed by atoms with Gasteiger partial charge in [0, 0.05) is 25.5 Å². The number of rotatable bonds is 5. The first-order chi connectivity index (χ1) is 8.00. The number of anilines is 1. The number of carbonyl (C=O) groups excluding carboxylic acids is 1. The molecule has 1 heterocycles. The van der Waals surface area contributed by atoms with E-state index in [9.17, 15) is 4.79 Å². The molecular weight excluding hydrogens is 216 g/mol. The van der Waals surface area contributed by atoms with Crippen molar-refractivity contribution in [1.29, 1.82) is 0 Å². The second kappa shape index (κ2) is 6.18. The molecule has 17 heavy (non-hydrogen) atoms. The molecule has 0 saturated heterocycles. The lowest BCUT2D eigenvalue weighted by Gasteiger charge is -2.21. The van der Waals surface area contributed by atoms with Gasteiger partial charge in [-0.3, -0.25) is 9.78 Å². The summed E-state index contributed by atoms with van der Waals surface area (Å²) in [6.07, 6.45) is 4.86. The summed E-state index contributed by atoms with van der Waals surface area (Å²) < 4.78 is 0.